The van der Waals surface area contributed by atoms with Crippen molar-refractivity contribution in [1.29, 1.82) is 0 Å². The van der Waals surface area contributed by atoms with Crippen LogP contribution in [0, 0.1) is 34.6 Å². The molecule has 0 saturated carbocycles. The van der Waals surface area contributed by atoms with Crippen molar-refractivity contribution >= 4 is 11.9 Å². The van der Waals surface area contributed by atoms with Gasteiger partial charge in [0.05, 0.1) is 11.1 Å². The molecule has 4 rings (SSSR count). The molecule has 0 aliphatic heterocycles. The van der Waals surface area contributed by atoms with Crippen LogP contribution >= 0.6 is 0 Å². The van der Waals surface area contributed by atoms with Crippen LogP contribution in [0.1, 0.15) is 90.0 Å². The third kappa shape index (κ3) is 11.4. The summed E-state index contributed by atoms with van der Waals surface area (Å²) in [7, 11) is 0. The molecule has 0 bridgehead atoms. The molecular formula is C34H40F2O4Ti. The van der Waals surface area contributed by atoms with E-state index < -0.39 is 23.6 Å². The molecular weight excluding hydrogens is 558 g/mol. The zero-order chi connectivity index (χ0) is 31.0. The standard InChI is InChI=1S/2C10H15.2C7H5FO2.Ti/c2*1-7-6-10(4,5)9(3)8(7)2;2*8-6-3-1-5(2-4-6)7(9)10;/h2*1-5H3;2*1-4H,(H,9,10);/q2*-1;;;+2. The first kappa shape index (κ1) is 37.9. The topological polar surface area (TPSA) is 74.6 Å². The van der Waals surface area contributed by atoms with E-state index in [-0.39, 0.29) is 43.7 Å². The number of carboxylic acids is 2. The molecule has 0 unspecified atom stereocenters. The first-order valence-electron chi connectivity index (χ1n) is 12.9. The summed E-state index contributed by atoms with van der Waals surface area (Å²) < 4.78 is 24.3. The fraction of sp³-hybridized carbons (Fsp3) is 0.353. The summed E-state index contributed by atoms with van der Waals surface area (Å²) in [5.74, 6) is -2.94. The van der Waals surface area contributed by atoms with Crippen molar-refractivity contribution < 1.29 is 50.3 Å². The van der Waals surface area contributed by atoms with Gasteiger partial charge in [-0.15, -0.1) is 13.8 Å². The Morgan fingerprint density at radius 3 is 0.951 bits per heavy atom. The summed E-state index contributed by atoms with van der Waals surface area (Å²) in [6.07, 6.45) is 6.87. The zero-order valence-electron chi connectivity index (χ0n) is 25.6. The first-order chi connectivity index (χ1) is 18.3. The summed E-state index contributed by atoms with van der Waals surface area (Å²) in [4.78, 5) is 20.4. The van der Waals surface area contributed by atoms with Gasteiger partial charge >= 0.3 is 33.7 Å². The molecule has 2 aliphatic rings. The number of hydrogen-bond donors (Lipinski definition) is 2. The van der Waals surface area contributed by atoms with Gasteiger partial charge in [0.2, 0.25) is 0 Å². The quantitative estimate of drug-likeness (QED) is 0.267. The second kappa shape index (κ2) is 15.8. The van der Waals surface area contributed by atoms with E-state index >= 15 is 0 Å². The Bertz CT molecular complexity index is 1240. The van der Waals surface area contributed by atoms with E-state index in [9.17, 15) is 18.4 Å². The molecule has 0 amide bonds. The van der Waals surface area contributed by atoms with E-state index in [1.54, 1.807) is 0 Å². The van der Waals surface area contributed by atoms with Crippen molar-refractivity contribution in [3.63, 3.8) is 0 Å². The average molecular weight is 599 g/mol. The molecule has 2 aromatic carbocycles. The number of carbonyl (C=O) groups is 2. The van der Waals surface area contributed by atoms with Crippen LogP contribution in [0.3, 0.4) is 0 Å². The number of hydrogen-bond acceptors (Lipinski definition) is 2. The van der Waals surface area contributed by atoms with Gasteiger partial charge in [-0.05, 0) is 48.5 Å². The molecule has 0 fully saturated rings. The number of aromatic carboxylic acids is 2. The van der Waals surface area contributed by atoms with E-state index in [4.69, 9.17) is 10.2 Å². The SMILES string of the molecule is CC1=[C-]C(C)(C)C(C)=C1C.CC1=[C-]C(C)(C)C(C)=C1C.O=C(O)c1ccc(F)cc1.O=C(O)c1ccc(F)cc1.[Ti+2]. The molecule has 0 aromatic heterocycles. The molecule has 0 saturated heterocycles. The molecule has 4 nitrogen and oxygen atoms in total. The first-order valence-corrected chi connectivity index (χ1v) is 12.9. The molecule has 2 aliphatic carbocycles. The molecule has 2 N–H and O–H groups in total. The van der Waals surface area contributed by atoms with Crippen molar-refractivity contribution in [2.24, 2.45) is 10.8 Å². The van der Waals surface area contributed by atoms with Gasteiger partial charge in [-0.2, -0.15) is 22.3 Å². The predicted molar refractivity (Wildman–Crippen MR) is 156 cm³/mol. The van der Waals surface area contributed by atoms with Crippen molar-refractivity contribution in [2.45, 2.75) is 69.2 Å². The summed E-state index contributed by atoms with van der Waals surface area (Å²) >= 11 is 0. The van der Waals surface area contributed by atoms with Crippen LogP contribution in [0.25, 0.3) is 0 Å². The molecule has 2 aromatic rings. The van der Waals surface area contributed by atoms with Crippen LogP contribution in [0.15, 0.2) is 82.0 Å². The summed E-state index contributed by atoms with van der Waals surface area (Å²) in [6, 6.07) is 9.34. The van der Waals surface area contributed by atoms with Crippen LogP contribution in [0.2, 0.25) is 0 Å². The Balaban J connectivity index is 0.000000516. The summed E-state index contributed by atoms with van der Waals surface area (Å²) in [5.41, 5.74) is 8.99. The Kier molecular flexibility index (Phi) is 14.6. The van der Waals surface area contributed by atoms with E-state index in [0.717, 1.165) is 24.3 Å². The minimum absolute atomic E-state index is 0. The third-order valence-electron chi connectivity index (χ3n) is 7.31. The van der Waals surface area contributed by atoms with Crippen LogP contribution < -0.4 is 0 Å². The third-order valence-corrected chi connectivity index (χ3v) is 7.31. The predicted octanol–water partition coefficient (Wildman–Crippen LogP) is 9.27. The van der Waals surface area contributed by atoms with Gasteiger partial charge in [0.15, 0.2) is 0 Å². The van der Waals surface area contributed by atoms with Gasteiger partial charge in [-0.3, -0.25) is 12.2 Å². The van der Waals surface area contributed by atoms with E-state index in [0.29, 0.717) is 0 Å². The van der Waals surface area contributed by atoms with E-state index in [1.807, 2.05) is 0 Å². The number of benzene rings is 2. The largest absolute Gasteiger partial charge is 2.00 e. The van der Waals surface area contributed by atoms with Gasteiger partial charge < -0.3 is 10.2 Å². The Labute approximate surface area is 258 Å². The van der Waals surface area contributed by atoms with E-state index in [2.05, 4.69) is 81.4 Å². The maximum atomic E-state index is 12.2. The summed E-state index contributed by atoms with van der Waals surface area (Å²) in [5, 5.41) is 16.7. The number of carboxylic acid groups (broad SMARTS) is 2. The average Bonchev–Trinajstić information content (AvgIpc) is 3.16. The van der Waals surface area contributed by atoms with Crippen molar-refractivity contribution in [1.82, 2.24) is 0 Å². The molecule has 0 atom stereocenters. The normalized spacial score (nSPS) is 16.0. The minimum atomic E-state index is -1.04. The molecule has 41 heavy (non-hydrogen) atoms. The number of allylic oxidation sites excluding steroid dienone is 8. The van der Waals surface area contributed by atoms with Gasteiger partial charge in [-0.25, -0.2) is 29.5 Å². The van der Waals surface area contributed by atoms with Gasteiger partial charge in [-0.1, -0.05) is 66.2 Å². The Morgan fingerprint density at radius 1 is 0.585 bits per heavy atom. The molecule has 0 heterocycles. The fourth-order valence-electron chi connectivity index (χ4n) is 4.00. The summed E-state index contributed by atoms with van der Waals surface area (Å²) in [6.45, 7) is 21.8. The Hall–Kier alpha value is -3.09. The van der Waals surface area contributed by atoms with Crippen LogP contribution in [-0.4, -0.2) is 22.2 Å². The molecule has 7 heteroatoms. The maximum Gasteiger partial charge on any atom is 2.00 e. The van der Waals surface area contributed by atoms with Crippen molar-refractivity contribution in [3.8, 4) is 0 Å². The maximum absolute atomic E-state index is 12.2. The minimum Gasteiger partial charge on any atom is -0.478 e. The van der Waals surface area contributed by atoms with E-state index in [1.165, 1.54) is 57.7 Å². The zero-order valence-corrected chi connectivity index (χ0v) is 27.1. The van der Waals surface area contributed by atoms with Gasteiger partial charge in [0.1, 0.15) is 11.6 Å². The number of rotatable bonds is 2. The smallest absolute Gasteiger partial charge is 0.478 e. The monoisotopic (exact) mass is 598 g/mol. The molecule has 0 spiro atoms. The fourth-order valence-corrected chi connectivity index (χ4v) is 4.00. The number of halogens is 2. The molecule has 0 radical (unpaired) electrons. The van der Waals surface area contributed by atoms with Gasteiger partial charge in [0.25, 0.3) is 0 Å². The van der Waals surface area contributed by atoms with Crippen LogP contribution in [-0.2, 0) is 21.7 Å². The second-order valence-electron chi connectivity index (χ2n) is 10.9. The van der Waals surface area contributed by atoms with Crippen LogP contribution in [0.5, 0.6) is 0 Å². The van der Waals surface area contributed by atoms with Crippen molar-refractivity contribution in [3.05, 3.63) is 117 Å². The van der Waals surface area contributed by atoms with Gasteiger partial charge in [0, 0.05) is 0 Å². The second-order valence-corrected chi connectivity index (χ2v) is 10.9. The molecule has 218 valence electrons. The van der Waals surface area contributed by atoms with Crippen molar-refractivity contribution in [2.75, 3.05) is 0 Å². The van der Waals surface area contributed by atoms with Crippen LogP contribution in [0.4, 0.5) is 8.78 Å². The Morgan fingerprint density at radius 2 is 0.829 bits per heavy atom.